The Morgan fingerprint density at radius 1 is 1.33 bits per heavy atom. The molecule has 1 N–H and O–H groups in total. The first kappa shape index (κ1) is 22.2. The molecule has 1 aromatic carbocycles. The van der Waals surface area contributed by atoms with E-state index in [2.05, 4.69) is 22.1 Å². The zero-order valence-electron chi connectivity index (χ0n) is 19.1. The minimum absolute atomic E-state index is 0.0531. The number of fused-ring (bicyclic) bond motifs is 3. The molecular formula is C24H26N4O3S2. The van der Waals surface area contributed by atoms with Crippen molar-refractivity contribution in [2.45, 2.75) is 64.0 Å². The average molecular weight is 483 g/mol. The van der Waals surface area contributed by atoms with Crippen LogP contribution < -0.4 is 10.3 Å². The molecule has 0 radical (unpaired) electrons. The maximum atomic E-state index is 12.9. The molecule has 9 heteroatoms. The second-order valence-corrected chi connectivity index (χ2v) is 11.1. The molecule has 7 nitrogen and oxygen atoms in total. The van der Waals surface area contributed by atoms with E-state index < -0.39 is 0 Å². The minimum Gasteiger partial charge on any atom is -0.484 e. The van der Waals surface area contributed by atoms with Crippen LogP contribution in [-0.4, -0.2) is 20.2 Å². The molecule has 0 saturated heterocycles. The smallest absolute Gasteiger partial charge is 0.277 e. The van der Waals surface area contributed by atoms with Crippen molar-refractivity contribution in [1.29, 1.82) is 0 Å². The average Bonchev–Trinajstić information content (AvgIpc) is 3.37. The Hall–Kier alpha value is -2.65. The molecule has 1 aliphatic carbocycles. The lowest BCUT2D eigenvalue weighted by molar-refractivity contribution is 0.250. The first-order valence-corrected chi connectivity index (χ1v) is 12.8. The van der Waals surface area contributed by atoms with Crippen molar-refractivity contribution in [3.05, 3.63) is 61.8 Å². The quantitative estimate of drug-likeness (QED) is 0.361. The van der Waals surface area contributed by atoms with Crippen LogP contribution in [0.4, 0.5) is 0 Å². The van der Waals surface area contributed by atoms with Crippen molar-refractivity contribution in [3.63, 3.8) is 0 Å². The topological polar surface area (TPSA) is 93.9 Å². The summed E-state index contributed by atoms with van der Waals surface area (Å²) in [5.41, 5.74) is 3.32. The van der Waals surface area contributed by atoms with E-state index in [9.17, 15) is 4.79 Å². The van der Waals surface area contributed by atoms with Gasteiger partial charge in [-0.15, -0.1) is 21.5 Å². The molecule has 1 aliphatic rings. The maximum absolute atomic E-state index is 12.9. The molecule has 3 aromatic heterocycles. The number of aromatic amines is 1. The van der Waals surface area contributed by atoms with Crippen LogP contribution in [0.15, 0.2) is 32.6 Å². The number of aromatic nitrogens is 4. The van der Waals surface area contributed by atoms with Crippen LogP contribution in [-0.2, 0) is 19.4 Å². The molecule has 5 rings (SSSR count). The van der Waals surface area contributed by atoms with Gasteiger partial charge in [0.2, 0.25) is 0 Å². The number of hydrogen-bond acceptors (Lipinski definition) is 8. The largest absolute Gasteiger partial charge is 0.484 e. The van der Waals surface area contributed by atoms with Gasteiger partial charge in [-0.25, -0.2) is 4.98 Å². The van der Waals surface area contributed by atoms with Crippen LogP contribution in [0, 0.1) is 19.8 Å². The first-order chi connectivity index (χ1) is 15.9. The Kier molecular flexibility index (Phi) is 6.01. The fourth-order valence-electron chi connectivity index (χ4n) is 4.11. The molecule has 3 heterocycles. The van der Waals surface area contributed by atoms with Crippen molar-refractivity contribution >= 4 is 33.3 Å². The first-order valence-electron chi connectivity index (χ1n) is 11.1. The summed E-state index contributed by atoms with van der Waals surface area (Å²) in [6.07, 6.45) is 3.11. The van der Waals surface area contributed by atoms with Crippen molar-refractivity contribution in [1.82, 2.24) is 20.2 Å². The van der Waals surface area contributed by atoms with Gasteiger partial charge in [-0.05, 0) is 68.7 Å². The number of nitrogens with zero attached hydrogens (tertiary/aromatic N) is 3. The number of nitrogens with one attached hydrogen (secondary N) is 1. The van der Waals surface area contributed by atoms with E-state index in [4.69, 9.17) is 14.1 Å². The SMILES string of the molecule is Cc1ccc(C)c(OCc2nnc(S[C@@H](C)c3nc4sc5c(c4c(=O)[nH]3)CC[C@@H](C)C5)o2)c1. The van der Waals surface area contributed by atoms with Gasteiger partial charge in [0.1, 0.15) is 16.4 Å². The standard InChI is InChI=1S/C24H26N4O3S2/c1-12-5-7-14(3)17(9-12)30-11-19-27-28-24(31-19)32-15(4)21-25-22(29)20-16-8-6-13(2)10-18(16)33-23(20)26-21/h5,7,9,13,15H,6,8,10-11H2,1-4H3,(H,25,26,29)/t13-,15+/m1/s1. The summed E-state index contributed by atoms with van der Waals surface area (Å²) in [5, 5.41) is 9.27. The number of hydrogen-bond donors (Lipinski definition) is 1. The van der Waals surface area contributed by atoms with Gasteiger partial charge in [0.15, 0.2) is 6.61 Å². The Balaban J connectivity index is 1.30. The van der Waals surface area contributed by atoms with Crippen molar-refractivity contribution < 1.29 is 9.15 Å². The predicted molar refractivity (Wildman–Crippen MR) is 130 cm³/mol. The highest BCUT2D eigenvalue weighted by Gasteiger charge is 2.24. The number of thioether (sulfide) groups is 1. The minimum atomic E-state index is -0.145. The van der Waals surface area contributed by atoms with Crippen LogP contribution in [0.5, 0.6) is 5.75 Å². The zero-order chi connectivity index (χ0) is 23.1. The highest BCUT2D eigenvalue weighted by atomic mass is 32.2. The van der Waals surface area contributed by atoms with Crippen LogP contribution in [0.25, 0.3) is 10.2 Å². The Morgan fingerprint density at radius 2 is 2.18 bits per heavy atom. The third-order valence-electron chi connectivity index (χ3n) is 5.99. The molecule has 0 spiro atoms. The maximum Gasteiger partial charge on any atom is 0.277 e. The van der Waals surface area contributed by atoms with Gasteiger partial charge in [-0.1, -0.05) is 30.8 Å². The molecule has 0 amide bonds. The fourth-order valence-corrected chi connectivity index (χ4v) is 6.26. The van der Waals surface area contributed by atoms with E-state index >= 15 is 0 Å². The number of ether oxygens (including phenoxy) is 1. The number of benzene rings is 1. The summed E-state index contributed by atoms with van der Waals surface area (Å²) in [6.45, 7) is 8.46. The van der Waals surface area contributed by atoms with Crippen LogP contribution >= 0.6 is 23.1 Å². The summed E-state index contributed by atoms with van der Waals surface area (Å²) in [6, 6.07) is 6.06. The van der Waals surface area contributed by atoms with Gasteiger partial charge < -0.3 is 14.1 Å². The second-order valence-electron chi connectivity index (χ2n) is 8.76. The van der Waals surface area contributed by atoms with E-state index in [1.165, 1.54) is 22.2 Å². The normalized spacial score (nSPS) is 16.7. The third kappa shape index (κ3) is 4.56. The van der Waals surface area contributed by atoms with E-state index in [-0.39, 0.29) is 17.4 Å². The van der Waals surface area contributed by atoms with Crippen molar-refractivity contribution in [3.8, 4) is 5.75 Å². The lowest BCUT2D eigenvalue weighted by Crippen LogP contribution is -2.15. The predicted octanol–water partition coefficient (Wildman–Crippen LogP) is 5.54. The summed E-state index contributed by atoms with van der Waals surface area (Å²) < 4.78 is 11.6. The number of thiophene rings is 1. The van der Waals surface area contributed by atoms with Crippen LogP contribution in [0.2, 0.25) is 0 Å². The molecule has 4 aromatic rings. The van der Waals surface area contributed by atoms with Crippen molar-refractivity contribution in [2.75, 3.05) is 0 Å². The molecule has 0 unspecified atom stereocenters. The lowest BCUT2D eigenvalue weighted by Gasteiger charge is -2.17. The Labute approximate surface area is 200 Å². The molecule has 0 saturated carbocycles. The molecule has 0 aliphatic heterocycles. The van der Waals surface area contributed by atoms with Crippen molar-refractivity contribution in [2.24, 2.45) is 5.92 Å². The highest BCUT2D eigenvalue weighted by Crippen LogP contribution is 2.37. The summed E-state index contributed by atoms with van der Waals surface area (Å²) >= 11 is 3.03. The van der Waals surface area contributed by atoms with Gasteiger partial charge in [0, 0.05) is 4.88 Å². The van der Waals surface area contributed by atoms with E-state index in [1.807, 2.05) is 39.0 Å². The Morgan fingerprint density at radius 3 is 3.03 bits per heavy atom. The second kappa shape index (κ2) is 8.95. The van der Waals surface area contributed by atoms with Crippen LogP contribution in [0.3, 0.4) is 0 Å². The molecule has 172 valence electrons. The number of H-pyrrole nitrogens is 1. The summed E-state index contributed by atoms with van der Waals surface area (Å²) in [5.74, 6) is 2.49. The van der Waals surface area contributed by atoms with Gasteiger partial charge in [0.05, 0.1) is 10.6 Å². The van der Waals surface area contributed by atoms with Crippen LogP contribution in [0.1, 0.15) is 58.8 Å². The number of rotatable bonds is 6. The monoisotopic (exact) mass is 482 g/mol. The molecular weight excluding hydrogens is 456 g/mol. The lowest BCUT2D eigenvalue weighted by atomic mass is 9.89. The van der Waals surface area contributed by atoms with E-state index in [0.717, 1.165) is 46.4 Å². The number of aryl methyl sites for hydroxylation is 3. The molecule has 2 atom stereocenters. The molecule has 0 fully saturated rings. The fraction of sp³-hybridized carbons (Fsp3) is 0.417. The van der Waals surface area contributed by atoms with Gasteiger partial charge in [0.25, 0.3) is 16.7 Å². The summed E-state index contributed by atoms with van der Waals surface area (Å²) in [7, 11) is 0. The Bertz CT molecular complexity index is 1370. The van der Waals surface area contributed by atoms with Gasteiger partial charge >= 0.3 is 0 Å². The van der Waals surface area contributed by atoms with E-state index in [1.54, 1.807) is 11.3 Å². The van der Waals surface area contributed by atoms with Gasteiger partial charge in [-0.2, -0.15) is 0 Å². The zero-order valence-corrected chi connectivity index (χ0v) is 20.7. The molecule has 33 heavy (non-hydrogen) atoms. The van der Waals surface area contributed by atoms with E-state index in [0.29, 0.717) is 22.9 Å². The molecule has 0 bridgehead atoms. The third-order valence-corrected chi connectivity index (χ3v) is 8.08. The summed E-state index contributed by atoms with van der Waals surface area (Å²) in [4.78, 5) is 22.8. The van der Waals surface area contributed by atoms with Gasteiger partial charge in [-0.3, -0.25) is 4.79 Å². The highest BCUT2D eigenvalue weighted by molar-refractivity contribution is 7.99.